The Labute approximate surface area is 141 Å². The number of nitrogens with zero attached hydrogens (tertiary/aromatic N) is 3. The van der Waals surface area contributed by atoms with Gasteiger partial charge in [0, 0.05) is 38.6 Å². The molecule has 0 radical (unpaired) electrons. The van der Waals surface area contributed by atoms with Gasteiger partial charge in [0.1, 0.15) is 0 Å². The molecule has 2 N–H and O–H groups in total. The van der Waals surface area contributed by atoms with Gasteiger partial charge in [-0.3, -0.25) is 4.99 Å². The van der Waals surface area contributed by atoms with Crippen molar-refractivity contribution < 1.29 is 0 Å². The molecule has 0 amide bonds. The Morgan fingerprint density at radius 3 is 2.83 bits per heavy atom. The minimum absolute atomic E-state index is 0.843. The maximum absolute atomic E-state index is 4.65. The van der Waals surface area contributed by atoms with Crippen molar-refractivity contribution in [2.45, 2.75) is 64.8 Å². The van der Waals surface area contributed by atoms with Crippen molar-refractivity contribution in [3.63, 3.8) is 0 Å². The van der Waals surface area contributed by atoms with Crippen LogP contribution >= 0.6 is 0 Å². The van der Waals surface area contributed by atoms with Crippen LogP contribution in [0.15, 0.2) is 23.7 Å². The predicted octanol–water partition coefficient (Wildman–Crippen LogP) is 3.19. The molecule has 130 valence electrons. The number of rotatable bonds is 10. The summed E-state index contributed by atoms with van der Waals surface area (Å²) >= 11 is 0. The molecule has 1 saturated carbocycles. The van der Waals surface area contributed by atoms with Crippen LogP contribution in [0.5, 0.6) is 0 Å². The van der Waals surface area contributed by atoms with E-state index in [4.69, 9.17) is 0 Å². The van der Waals surface area contributed by atoms with Crippen molar-refractivity contribution >= 4 is 5.96 Å². The van der Waals surface area contributed by atoms with Crippen LogP contribution < -0.4 is 10.6 Å². The molecular weight excluding hydrogens is 286 g/mol. The Morgan fingerprint density at radius 1 is 1.22 bits per heavy atom. The fourth-order valence-electron chi connectivity index (χ4n) is 3.27. The zero-order chi connectivity index (χ0) is 16.2. The summed E-state index contributed by atoms with van der Waals surface area (Å²) < 4.78 is 2.10. The second kappa shape index (κ2) is 11.1. The van der Waals surface area contributed by atoms with Crippen LogP contribution in [0.3, 0.4) is 0 Å². The number of imidazole rings is 1. The smallest absolute Gasteiger partial charge is 0.191 e. The zero-order valence-electron chi connectivity index (χ0n) is 14.6. The molecule has 0 spiro atoms. The molecule has 5 heteroatoms. The fourth-order valence-corrected chi connectivity index (χ4v) is 3.27. The molecule has 0 aliphatic heterocycles. The van der Waals surface area contributed by atoms with Crippen LogP contribution in [-0.2, 0) is 6.54 Å². The highest BCUT2D eigenvalue weighted by molar-refractivity contribution is 5.79. The first kappa shape index (κ1) is 17.8. The Morgan fingerprint density at radius 2 is 2.09 bits per heavy atom. The van der Waals surface area contributed by atoms with Crippen LogP contribution in [-0.4, -0.2) is 35.1 Å². The topological polar surface area (TPSA) is 54.2 Å². The molecule has 0 bridgehead atoms. The first-order valence-corrected chi connectivity index (χ1v) is 9.36. The van der Waals surface area contributed by atoms with Crippen molar-refractivity contribution in [1.82, 2.24) is 20.2 Å². The van der Waals surface area contributed by atoms with Gasteiger partial charge in [-0.15, -0.1) is 0 Å². The summed E-state index contributed by atoms with van der Waals surface area (Å²) in [6.07, 6.45) is 16.6. The summed E-state index contributed by atoms with van der Waals surface area (Å²) in [5.41, 5.74) is 0. The van der Waals surface area contributed by atoms with Crippen LogP contribution in [0.2, 0.25) is 0 Å². The maximum Gasteiger partial charge on any atom is 0.191 e. The van der Waals surface area contributed by atoms with Crippen LogP contribution in [0.4, 0.5) is 0 Å². The van der Waals surface area contributed by atoms with E-state index in [0.717, 1.165) is 44.5 Å². The van der Waals surface area contributed by atoms with E-state index in [1.165, 1.54) is 44.9 Å². The molecule has 0 aromatic carbocycles. The quantitative estimate of drug-likeness (QED) is 0.396. The molecule has 1 fully saturated rings. The molecule has 23 heavy (non-hydrogen) atoms. The standard InChI is InChI=1S/C18H33N5/c1-2-20-18(22-12-7-14-23-15-13-19-16-23)21-11-6-5-10-17-8-3-4-9-17/h13,15-17H,2-12,14H2,1H3,(H2,20,21,22). The van der Waals surface area contributed by atoms with Gasteiger partial charge in [0.05, 0.1) is 6.33 Å². The van der Waals surface area contributed by atoms with E-state index in [1.54, 1.807) is 0 Å². The molecule has 0 atom stereocenters. The van der Waals surface area contributed by atoms with Crippen molar-refractivity contribution in [3.8, 4) is 0 Å². The number of aliphatic imine (C=N–C) groups is 1. The maximum atomic E-state index is 4.65. The van der Waals surface area contributed by atoms with E-state index >= 15 is 0 Å². The van der Waals surface area contributed by atoms with E-state index in [2.05, 4.69) is 32.1 Å². The Balaban J connectivity index is 1.55. The molecule has 0 saturated heterocycles. The highest BCUT2D eigenvalue weighted by Crippen LogP contribution is 2.28. The summed E-state index contributed by atoms with van der Waals surface area (Å²) in [7, 11) is 0. The molecule has 5 nitrogen and oxygen atoms in total. The summed E-state index contributed by atoms with van der Waals surface area (Å²) in [5.74, 6) is 1.97. The lowest BCUT2D eigenvalue weighted by molar-refractivity contribution is 0.472. The number of nitrogens with one attached hydrogen (secondary N) is 2. The van der Waals surface area contributed by atoms with Crippen molar-refractivity contribution in [1.29, 1.82) is 0 Å². The molecule has 1 aromatic heterocycles. The third kappa shape index (κ3) is 7.53. The number of aryl methyl sites for hydroxylation is 1. The van der Waals surface area contributed by atoms with Crippen molar-refractivity contribution in [2.75, 3.05) is 19.6 Å². The van der Waals surface area contributed by atoms with Gasteiger partial charge in [-0.05, 0) is 25.7 Å². The number of guanidine groups is 1. The van der Waals surface area contributed by atoms with Gasteiger partial charge in [0.25, 0.3) is 0 Å². The highest BCUT2D eigenvalue weighted by Gasteiger charge is 2.13. The third-order valence-corrected chi connectivity index (χ3v) is 4.55. The monoisotopic (exact) mass is 319 g/mol. The summed E-state index contributed by atoms with van der Waals surface area (Å²) in [5, 5.41) is 6.79. The van der Waals surface area contributed by atoms with Gasteiger partial charge in [0.15, 0.2) is 5.96 Å². The van der Waals surface area contributed by atoms with E-state index in [1.807, 2.05) is 18.7 Å². The van der Waals surface area contributed by atoms with E-state index < -0.39 is 0 Å². The molecule has 1 aromatic rings. The molecule has 1 aliphatic carbocycles. The van der Waals surface area contributed by atoms with E-state index in [0.29, 0.717) is 0 Å². The van der Waals surface area contributed by atoms with Crippen molar-refractivity contribution in [3.05, 3.63) is 18.7 Å². The van der Waals surface area contributed by atoms with Gasteiger partial charge in [-0.2, -0.15) is 0 Å². The van der Waals surface area contributed by atoms with Gasteiger partial charge in [0.2, 0.25) is 0 Å². The number of aromatic nitrogens is 2. The summed E-state index contributed by atoms with van der Waals surface area (Å²) in [4.78, 5) is 8.70. The normalized spacial score (nSPS) is 16.0. The Bertz CT molecular complexity index is 421. The first-order valence-electron chi connectivity index (χ1n) is 9.36. The van der Waals surface area contributed by atoms with Gasteiger partial charge >= 0.3 is 0 Å². The fraction of sp³-hybridized carbons (Fsp3) is 0.778. The lowest BCUT2D eigenvalue weighted by Crippen LogP contribution is -2.37. The van der Waals surface area contributed by atoms with Gasteiger partial charge < -0.3 is 15.2 Å². The number of hydrogen-bond acceptors (Lipinski definition) is 2. The number of unbranched alkanes of at least 4 members (excludes halogenated alkanes) is 1. The van der Waals surface area contributed by atoms with E-state index in [9.17, 15) is 0 Å². The van der Waals surface area contributed by atoms with Crippen molar-refractivity contribution in [2.24, 2.45) is 10.9 Å². The number of hydrogen-bond donors (Lipinski definition) is 2. The van der Waals surface area contributed by atoms with Crippen LogP contribution in [0.25, 0.3) is 0 Å². The molecule has 2 rings (SSSR count). The third-order valence-electron chi connectivity index (χ3n) is 4.55. The zero-order valence-corrected chi connectivity index (χ0v) is 14.6. The largest absolute Gasteiger partial charge is 0.357 e. The van der Waals surface area contributed by atoms with Crippen LogP contribution in [0, 0.1) is 5.92 Å². The average molecular weight is 319 g/mol. The molecule has 1 aliphatic rings. The Hall–Kier alpha value is -1.52. The minimum atomic E-state index is 0.843. The summed E-state index contributed by atoms with van der Waals surface area (Å²) in [6, 6.07) is 0. The van der Waals surface area contributed by atoms with E-state index in [-0.39, 0.29) is 0 Å². The summed E-state index contributed by atoms with van der Waals surface area (Å²) in [6.45, 7) is 5.87. The Kier molecular flexibility index (Phi) is 8.59. The van der Waals surface area contributed by atoms with Gasteiger partial charge in [-0.25, -0.2) is 4.98 Å². The lowest BCUT2D eigenvalue weighted by atomic mass is 10.0. The molecule has 1 heterocycles. The average Bonchev–Trinajstić information content (AvgIpc) is 3.24. The minimum Gasteiger partial charge on any atom is -0.357 e. The lowest BCUT2D eigenvalue weighted by Gasteiger charge is -2.12. The second-order valence-electron chi connectivity index (χ2n) is 6.49. The highest BCUT2D eigenvalue weighted by atomic mass is 15.2. The predicted molar refractivity (Wildman–Crippen MR) is 96.6 cm³/mol. The van der Waals surface area contributed by atoms with Crippen LogP contribution in [0.1, 0.15) is 58.3 Å². The first-order chi connectivity index (χ1) is 11.4. The molecular formula is C18H33N5. The second-order valence-corrected chi connectivity index (χ2v) is 6.49. The SMILES string of the molecule is CCNC(=NCCCn1ccnc1)NCCCCC1CCCC1. The molecule has 0 unspecified atom stereocenters. The van der Waals surface area contributed by atoms with Gasteiger partial charge in [-0.1, -0.05) is 38.5 Å².